The maximum Gasteiger partial charge on any atom is 0.158 e. The third kappa shape index (κ3) is 2.14. The molecule has 2 aromatic rings. The van der Waals surface area contributed by atoms with E-state index in [1.165, 1.54) is 0 Å². The second-order valence-electron chi connectivity index (χ2n) is 5.08. The number of halogens is 2. The third-order valence-corrected chi connectivity index (χ3v) is 3.41. The predicted molar refractivity (Wildman–Crippen MR) is 71.1 cm³/mol. The SMILES string of the molecule is CCc1c(Cl)nc2cc(C(C)(C)C)nn2c1Cl. The molecule has 0 amide bonds. The molecule has 5 heteroatoms. The highest BCUT2D eigenvalue weighted by atomic mass is 35.5. The summed E-state index contributed by atoms with van der Waals surface area (Å²) in [4.78, 5) is 4.32. The lowest BCUT2D eigenvalue weighted by molar-refractivity contribution is 0.562. The molecule has 0 saturated heterocycles. The van der Waals surface area contributed by atoms with E-state index in [9.17, 15) is 0 Å². The van der Waals surface area contributed by atoms with Crippen molar-refractivity contribution in [2.24, 2.45) is 0 Å². The van der Waals surface area contributed by atoms with Crippen molar-refractivity contribution < 1.29 is 0 Å². The highest BCUT2D eigenvalue weighted by molar-refractivity contribution is 6.34. The van der Waals surface area contributed by atoms with E-state index in [-0.39, 0.29) is 5.41 Å². The Morgan fingerprint density at radius 2 is 1.94 bits per heavy atom. The smallest absolute Gasteiger partial charge is 0.158 e. The Kier molecular flexibility index (Phi) is 3.08. The summed E-state index contributed by atoms with van der Waals surface area (Å²) in [6.45, 7) is 8.30. The molecule has 0 radical (unpaired) electrons. The Morgan fingerprint density at radius 1 is 1.29 bits per heavy atom. The molecule has 0 aliphatic carbocycles. The molecule has 0 aromatic carbocycles. The minimum Gasteiger partial charge on any atom is -0.216 e. The van der Waals surface area contributed by atoms with Crippen LogP contribution in [0.1, 0.15) is 39.0 Å². The van der Waals surface area contributed by atoms with E-state index in [1.54, 1.807) is 4.52 Å². The predicted octanol–water partition coefficient (Wildman–Crippen LogP) is 3.90. The molecule has 3 nitrogen and oxygen atoms in total. The van der Waals surface area contributed by atoms with Crippen LogP contribution in [0.15, 0.2) is 6.07 Å². The maximum atomic E-state index is 6.29. The Morgan fingerprint density at radius 3 is 2.47 bits per heavy atom. The van der Waals surface area contributed by atoms with Gasteiger partial charge in [0.05, 0.1) is 5.69 Å². The number of hydrogen-bond acceptors (Lipinski definition) is 2. The van der Waals surface area contributed by atoms with E-state index in [2.05, 4.69) is 30.9 Å². The molecule has 17 heavy (non-hydrogen) atoms. The standard InChI is InChI=1S/C12H15Cl2N3/c1-5-7-10(13)15-9-6-8(12(2,3)4)16-17(9)11(7)14/h6H,5H2,1-4H3. The number of hydrogen-bond donors (Lipinski definition) is 0. The molecule has 0 bridgehead atoms. The van der Waals surface area contributed by atoms with Gasteiger partial charge in [-0.25, -0.2) is 9.50 Å². The number of nitrogens with zero attached hydrogens (tertiary/aromatic N) is 3. The molecule has 0 N–H and O–H groups in total. The highest BCUT2D eigenvalue weighted by Gasteiger charge is 2.20. The van der Waals surface area contributed by atoms with Gasteiger partial charge in [0.1, 0.15) is 10.3 Å². The molecule has 0 aliphatic rings. The van der Waals surface area contributed by atoms with Crippen LogP contribution in [0.2, 0.25) is 10.3 Å². The molecule has 0 unspecified atom stereocenters. The van der Waals surface area contributed by atoms with Crippen molar-refractivity contribution >= 4 is 28.8 Å². The Balaban J connectivity index is 2.74. The summed E-state index contributed by atoms with van der Waals surface area (Å²) < 4.78 is 1.66. The summed E-state index contributed by atoms with van der Waals surface area (Å²) >= 11 is 12.4. The first-order chi connectivity index (χ1) is 7.84. The van der Waals surface area contributed by atoms with Gasteiger partial charge in [0, 0.05) is 17.0 Å². The first-order valence-electron chi connectivity index (χ1n) is 5.58. The van der Waals surface area contributed by atoms with Gasteiger partial charge >= 0.3 is 0 Å². The molecule has 0 spiro atoms. The number of aromatic nitrogens is 3. The zero-order valence-corrected chi connectivity index (χ0v) is 11.9. The summed E-state index contributed by atoms with van der Waals surface area (Å²) in [6, 6.07) is 1.93. The zero-order chi connectivity index (χ0) is 12.8. The lowest BCUT2D eigenvalue weighted by Crippen LogP contribution is -2.12. The van der Waals surface area contributed by atoms with Crippen molar-refractivity contribution in [3.63, 3.8) is 0 Å². The summed E-state index contributed by atoms with van der Waals surface area (Å²) in [7, 11) is 0. The van der Waals surface area contributed by atoms with Crippen molar-refractivity contribution in [1.82, 2.24) is 14.6 Å². The minimum absolute atomic E-state index is 0.0319. The molecule has 92 valence electrons. The summed E-state index contributed by atoms with van der Waals surface area (Å²) in [5.74, 6) is 0. The summed E-state index contributed by atoms with van der Waals surface area (Å²) in [5, 5.41) is 5.51. The van der Waals surface area contributed by atoms with Crippen LogP contribution in [0, 0.1) is 0 Å². The number of rotatable bonds is 1. The van der Waals surface area contributed by atoms with Gasteiger partial charge in [-0.1, -0.05) is 50.9 Å². The van der Waals surface area contributed by atoms with E-state index in [0.717, 1.165) is 17.7 Å². The van der Waals surface area contributed by atoms with Crippen LogP contribution < -0.4 is 0 Å². The van der Waals surface area contributed by atoms with Crippen molar-refractivity contribution in [2.75, 3.05) is 0 Å². The minimum atomic E-state index is -0.0319. The Bertz CT molecular complexity index is 567. The van der Waals surface area contributed by atoms with Crippen LogP contribution in [0.4, 0.5) is 0 Å². The van der Waals surface area contributed by atoms with Crippen molar-refractivity contribution in [3.05, 3.63) is 27.6 Å². The van der Waals surface area contributed by atoms with Crippen LogP contribution in [0.3, 0.4) is 0 Å². The molecule has 2 heterocycles. The fourth-order valence-electron chi connectivity index (χ4n) is 1.63. The second kappa shape index (κ2) is 4.14. The monoisotopic (exact) mass is 271 g/mol. The van der Waals surface area contributed by atoms with E-state index in [0.29, 0.717) is 16.0 Å². The number of fused-ring (bicyclic) bond motifs is 1. The van der Waals surface area contributed by atoms with E-state index in [1.807, 2.05) is 13.0 Å². The van der Waals surface area contributed by atoms with Crippen LogP contribution in [0.25, 0.3) is 5.65 Å². The average molecular weight is 272 g/mol. The third-order valence-electron chi connectivity index (χ3n) is 2.71. The zero-order valence-electron chi connectivity index (χ0n) is 10.4. The fourth-order valence-corrected chi connectivity index (χ4v) is 2.34. The van der Waals surface area contributed by atoms with Crippen LogP contribution in [0.5, 0.6) is 0 Å². The van der Waals surface area contributed by atoms with Crippen LogP contribution in [-0.4, -0.2) is 14.6 Å². The second-order valence-corrected chi connectivity index (χ2v) is 5.79. The Hall–Kier alpha value is -0.800. The highest BCUT2D eigenvalue weighted by Crippen LogP contribution is 2.28. The Labute approximate surface area is 111 Å². The lowest BCUT2D eigenvalue weighted by Gasteiger charge is -2.13. The van der Waals surface area contributed by atoms with Gasteiger partial charge in [-0.3, -0.25) is 0 Å². The largest absolute Gasteiger partial charge is 0.216 e. The van der Waals surface area contributed by atoms with Crippen LogP contribution >= 0.6 is 23.2 Å². The molecular weight excluding hydrogens is 257 g/mol. The summed E-state index contributed by atoms with van der Waals surface area (Å²) in [5.41, 5.74) is 2.46. The normalized spacial score (nSPS) is 12.4. The van der Waals surface area contributed by atoms with Crippen molar-refractivity contribution in [1.29, 1.82) is 0 Å². The quantitative estimate of drug-likeness (QED) is 0.737. The van der Waals surface area contributed by atoms with E-state index < -0.39 is 0 Å². The van der Waals surface area contributed by atoms with Gasteiger partial charge < -0.3 is 0 Å². The van der Waals surface area contributed by atoms with E-state index in [4.69, 9.17) is 23.2 Å². The average Bonchev–Trinajstić information content (AvgIpc) is 2.61. The van der Waals surface area contributed by atoms with Gasteiger partial charge in [0.2, 0.25) is 0 Å². The molecule has 2 rings (SSSR count). The van der Waals surface area contributed by atoms with Gasteiger partial charge in [-0.05, 0) is 6.42 Å². The van der Waals surface area contributed by atoms with Crippen LogP contribution in [-0.2, 0) is 11.8 Å². The first kappa shape index (κ1) is 12.7. The van der Waals surface area contributed by atoms with Gasteiger partial charge in [0.25, 0.3) is 0 Å². The van der Waals surface area contributed by atoms with Gasteiger partial charge in [-0.15, -0.1) is 0 Å². The fraction of sp³-hybridized carbons (Fsp3) is 0.500. The molecule has 0 atom stereocenters. The molecule has 0 saturated carbocycles. The van der Waals surface area contributed by atoms with E-state index >= 15 is 0 Å². The van der Waals surface area contributed by atoms with Crippen molar-refractivity contribution in [2.45, 2.75) is 39.5 Å². The molecular formula is C12H15Cl2N3. The summed E-state index contributed by atoms with van der Waals surface area (Å²) in [6.07, 6.45) is 0.741. The molecule has 2 aromatic heterocycles. The van der Waals surface area contributed by atoms with Gasteiger partial charge in [0.15, 0.2) is 5.65 Å². The maximum absolute atomic E-state index is 6.29. The van der Waals surface area contributed by atoms with Gasteiger partial charge in [-0.2, -0.15) is 5.10 Å². The first-order valence-corrected chi connectivity index (χ1v) is 6.34. The topological polar surface area (TPSA) is 30.2 Å². The van der Waals surface area contributed by atoms with Crippen molar-refractivity contribution in [3.8, 4) is 0 Å². The molecule has 0 aliphatic heterocycles. The lowest BCUT2D eigenvalue weighted by atomic mass is 9.93. The molecule has 0 fully saturated rings.